The first-order valence-electron chi connectivity index (χ1n) is 12.4. The Balaban J connectivity index is 1.11. The fraction of sp³-hybridized carbons (Fsp3) is 1.00. The molecule has 0 aromatic heterocycles. The molecule has 25 heavy (non-hydrogen) atoms. The maximum atomic E-state index is 1.73. The van der Waals surface area contributed by atoms with E-state index < -0.39 is 0 Å². The largest absolute Gasteiger partial charge is 0.0496 e. The smallest absolute Gasteiger partial charge is 0.00934 e. The third-order valence-electron chi connectivity index (χ3n) is 17.8. The van der Waals surface area contributed by atoms with Crippen LogP contribution >= 0.6 is 0 Å². The van der Waals surface area contributed by atoms with Crippen molar-refractivity contribution in [2.75, 3.05) is 0 Å². The molecule has 0 heterocycles. The molecule has 0 aromatic rings. The Hall–Kier alpha value is 0. The zero-order valence-electron chi connectivity index (χ0n) is 14.6. The van der Waals surface area contributed by atoms with Crippen LogP contribution in [0.25, 0.3) is 0 Å². The van der Waals surface area contributed by atoms with E-state index in [1.165, 1.54) is 94.7 Å². The van der Waals surface area contributed by atoms with Gasteiger partial charge in [0.2, 0.25) is 0 Å². The quantitative estimate of drug-likeness (QED) is 0.639. The molecule has 124 valence electrons. The normalized spacial score (nSPS) is 111. The summed E-state index contributed by atoms with van der Waals surface area (Å²) >= 11 is 0. The highest BCUT2D eigenvalue weighted by Crippen LogP contribution is 3.29. The van der Waals surface area contributed by atoms with Crippen LogP contribution in [0.5, 0.6) is 0 Å². The van der Waals surface area contributed by atoms with Crippen LogP contribution in [-0.4, -0.2) is 0 Å². The van der Waals surface area contributed by atoms with Crippen molar-refractivity contribution in [3.05, 3.63) is 0 Å². The average molecular weight is 324 g/mol. The number of rotatable bonds is 0. The molecule has 0 aromatic carbocycles. The van der Waals surface area contributed by atoms with Crippen LogP contribution in [0.4, 0.5) is 0 Å². The van der Waals surface area contributed by atoms with Gasteiger partial charge < -0.3 is 0 Å². The van der Waals surface area contributed by atoms with E-state index in [1.54, 1.807) is 25.7 Å². The maximum Gasteiger partial charge on any atom is -0.00934 e. The van der Waals surface area contributed by atoms with E-state index in [0.717, 1.165) is 27.1 Å². The Labute approximate surface area is 147 Å². The summed E-state index contributed by atoms with van der Waals surface area (Å²) in [6.07, 6.45) is 6.81. The Morgan fingerprint density at radius 1 is 0.480 bits per heavy atom. The molecule has 0 N–H and O–H groups in total. The molecular weight excluding hydrogens is 300 g/mol. The van der Waals surface area contributed by atoms with Crippen LogP contribution in [0.2, 0.25) is 0 Å². The molecular formula is C25H24. The van der Waals surface area contributed by atoms with Crippen molar-refractivity contribution < 1.29 is 0 Å². The maximum absolute atomic E-state index is 1.73. The van der Waals surface area contributed by atoms with Crippen LogP contribution in [0.15, 0.2) is 0 Å². The molecule has 0 amide bonds. The van der Waals surface area contributed by atoms with Crippen LogP contribution in [0.3, 0.4) is 0 Å². The third-order valence-corrected chi connectivity index (χ3v) is 17.8. The second-order valence-corrected chi connectivity index (χ2v) is 14.6. The summed E-state index contributed by atoms with van der Waals surface area (Å²) in [4.78, 5) is 0. The molecule has 5 spiro atoms. The van der Waals surface area contributed by atoms with Gasteiger partial charge >= 0.3 is 0 Å². The van der Waals surface area contributed by atoms with Gasteiger partial charge in [0.15, 0.2) is 0 Å². The molecule has 0 saturated heterocycles. The molecule has 0 heteroatoms. The molecule has 0 aliphatic heterocycles. The molecule has 14 aliphatic carbocycles. The van der Waals surface area contributed by atoms with Crippen molar-refractivity contribution in [3.63, 3.8) is 0 Å². The van der Waals surface area contributed by atoms with Gasteiger partial charge in [0, 0.05) is 0 Å². The highest BCUT2D eigenvalue weighted by molar-refractivity contribution is 5.73. The average Bonchev–Trinajstić information content (AvgIpc) is 2.60. The summed E-state index contributed by atoms with van der Waals surface area (Å²) in [6, 6.07) is 0. The Morgan fingerprint density at radius 2 is 1.04 bits per heavy atom. The lowest BCUT2D eigenvalue weighted by Gasteiger charge is -3.29. The zero-order valence-corrected chi connectivity index (χ0v) is 14.6. The van der Waals surface area contributed by atoms with Gasteiger partial charge in [-0.3, -0.25) is 0 Å². The Bertz CT molecular complexity index is 973. The monoisotopic (exact) mass is 324 g/mol. The summed E-state index contributed by atoms with van der Waals surface area (Å²) in [5.41, 5.74) is 5.45. The van der Waals surface area contributed by atoms with Gasteiger partial charge in [-0.2, -0.15) is 0 Å². The van der Waals surface area contributed by atoms with E-state index in [-0.39, 0.29) is 0 Å². The first-order valence-corrected chi connectivity index (χ1v) is 12.4. The van der Waals surface area contributed by atoms with Crippen LogP contribution < -0.4 is 0 Å². The lowest BCUT2D eigenvalue weighted by atomic mass is 8.75. The van der Waals surface area contributed by atoms with Crippen LogP contribution in [0, 0.1) is 122 Å². The number of fused-ring (bicyclic) bond motifs is 13. The van der Waals surface area contributed by atoms with Gasteiger partial charge in [-0.15, -0.1) is 0 Å². The minimum absolute atomic E-state index is 1.08. The van der Waals surface area contributed by atoms with Gasteiger partial charge in [0.1, 0.15) is 0 Å². The van der Waals surface area contributed by atoms with Crippen molar-refractivity contribution in [2.45, 2.75) is 25.7 Å². The molecule has 14 saturated carbocycles. The molecule has 14 fully saturated rings. The van der Waals surface area contributed by atoms with E-state index in [9.17, 15) is 0 Å². The molecule has 14 aliphatic rings. The fourth-order valence-corrected chi connectivity index (χ4v) is 19.9. The lowest BCUT2D eigenvalue weighted by molar-refractivity contribution is -0.831. The Morgan fingerprint density at radius 3 is 1.60 bits per heavy atom. The minimum atomic E-state index is 1.08. The van der Waals surface area contributed by atoms with Crippen molar-refractivity contribution in [2.24, 2.45) is 122 Å². The first-order chi connectivity index (χ1) is 12.4. The minimum Gasteiger partial charge on any atom is -0.0496 e. The van der Waals surface area contributed by atoms with Gasteiger partial charge in [0.25, 0.3) is 0 Å². The summed E-state index contributed by atoms with van der Waals surface area (Å²) in [7, 11) is 0. The zero-order chi connectivity index (χ0) is 14.6. The molecule has 14 atom stereocenters. The molecule has 0 nitrogen and oxygen atoms in total. The first kappa shape index (κ1) is 9.97. The number of hydrogen-bond donors (Lipinski definition) is 0. The summed E-state index contributed by atoms with van der Waals surface area (Å²) in [5.74, 6) is 21.3. The summed E-state index contributed by atoms with van der Waals surface area (Å²) in [5, 5.41) is 0. The predicted octanol–water partition coefficient (Wildman–Crippen LogP) is 3.53. The lowest BCUT2D eigenvalue weighted by Crippen LogP contribution is -3.26. The predicted molar refractivity (Wildman–Crippen MR) is 86.5 cm³/mol. The van der Waals surface area contributed by atoms with E-state index in [0.29, 0.717) is 0 Å². The molecule has 0 radical (unpaired) electrons. The van der Waals surface area contributed by atoms with E-state index in [2.05, 4.69) is 0 Å². The summed E-state index contributed by atoms with van der Waals surface area (Å²) in [6.45, 7) is 0. The van der Waals surface area contributed by atoms with E-state index in [1.807, 2.05) is 0 Å². The van der Waals surface area contributed by atoms with Gasteiger partial charge in [-0.1, -0.05) is 0 Å². The standard InChI is InChI=1S/C25H24/c1-2-7-6(1)10-14-11(7)16-20-18-13-9-4-5-3-8-12-17-19-15(10)22(14,16)24(19,20)25(17,18)23(12,13)21(5,8)9/h5-20H,1-4H2. The van der Waals surface area contributed by atoms with Gasteiger partial charge in [0.05, 0.1) is 0 Å². The SMILES string of the molecule is C1CC2C1C1C3C2C2C4C5C6C7CC8CC9C%10C%11C%12C1C32C%124C%115C%106C897. The van der Waals surface area contributed by atoms with Crippen molar-refractivity contribution in [3.8, 4) is 0 Å². The second kappa shape index (κ2) is 1.89. The molecule has 14 unspecified atom stereocenters. The Kier molecular flexibility index (Phi) is 0.753. The second-order valence-electron chi connectivity index (χ2n) is 14.6. The van der Waals surface area contributed by atoms with Crippen molar-refractivity contribution in [1.82, 2.24) is 0 Å². The highest BCUT2D eigenvalue weighted by atomic mass is 15.3. The van der Waals surface area contributed by atoms with Crippen LogP contribution in [0.1, 0.15) is 25.7 Å². The van der Waals surface area contributed by atoms with Crippen molar-refractivity contribution in [1.29, 1.82) is 0 Å². The van der Waals surface area contributed by atoms with Gasteiger partial charge in [-0.25, -0.2) is 0 Å². The van der Waals surface area contributed by atoms with Crippen LogP contribution in [-0.2, 0) is 0 Å². The highest BCUT2D eigenvalue weighted by Gasteiger charge is 3.27. The van der Waals surface area contributed by atoms with Gasteiger partial charge in [-0.05, 0) is 147 Å². The van der Waals surface area contributed by atoms with E-state index >= 15 is 0 Å². The van der Waals surface area contributed by atoms with Crippen molar-refractivity contribution >= 4 is 0 Å². The topological polar surface area (TPSA) is 0 Å². The molecule has 0 bridgehead atoms. The fourth-order valence-electron chi connectivity index (χ4n) is 19.9. The molecule has 14 rings (SSSR count). The summed E-state index contributed by atoms with van der Waals surface area (Å²) < 4.78 is 0. The van der Waals surface area contributed by atoms with E-state index in [4.69, 9.17) is 0 Å². The number of hydrogen-bond acceptors (Lipinski definition) is 0. The third kappa shape index (κ3) is 0.355.